The first kappa shape index (κ1) is 38.8. The molecule has 1 heterocycles. The number of thioether (sulfide) groups is 1. The molecular formula is C38H49N3O7S2. The van der Waals surface area contributed by atoms with Crippen molar-refractivity contribution in [2.45, 2.75) is 87.6 Å². The largest absolute Gasteiger partial charge is 0.483 e. The van der Waals surface area contributed by atoms with E-state index in [9.17, 15) is 27.9 Å². The highest BCUT2D eigenvalue weighted by Crippen LogP contribution is 2.47. The number of nitrogens with zero attached hydrogens (tertiary/aromatic N) is 1. The van der Waals surface area contributed by atoms with Crippen LogP contribution in [0.2, 0.25) is 0 Å². The zero-order chi connectivity index (χ0) is 36.3. The van der Waals surface area contributed by atoms with Gasteiger partial charge in [0.2, 0.25) is 5.91 Å². The van der Waals surface area contributed by atoms with Gasteiger partial charge in [0.25, 0.3) is 5.91 Å². The maximum Gasteiger partial charge on any atom is 0.326 e. The molecule has 0 unspecified atom stereocenters. The number of sulfone groups is 1. The van der Waals surface area contributed by atoms with Crippen LogP contribution < -0.4 is 20.3 Å². The standard InChI is InChI=1S/C38H49N3O7S2/c1-5-8-20-38(21-9-6-2)25-41(28-18-14-11-15-19-28)30-22-32(49-4)31(23-33(30)50(46,47)26-38)48-24-34(42)40-35(27-16-12-10-13-17-27)36(43)39-29(7-3)37(44)45/h10-19,22-23,29,35H,5-9,20-21,24-26H2,1-4H3,(H,39,43)(H,40,42)(H,44,45)/t29-,35+/m0/s1. The van der Waals surface area contributed by atoms with Crippen LogP contribution in [0, 0.1) is 5.41 Å². The van der Waals surface area contributed by atoms with Gasteiger partial charge in [-0.25, -0.2) is 13.2 Å². The van der Waals surface area contributed by atoms with E-state index in [0.29, 0.717) is 22.7 Å². The van der Waals surface area contributed by atoms with Crippen molar-refractivity contribution >= 4 is 50.8 Å². The normalized spacial score (nSPS) is 16.0. The fourth-order valence-electron chi connectivity index (χ4n) is 6.46. The van der Waals surface area contributed by atoms with E-state index in [-0.39, 0.29) is 22.8 Å². The molecule has 10 nitrogen and oxygen atoms in total. The highest BCUT2D eigenvalue weighted by molar-refractivity contribution is 7.98. The number of hydrogen-bond donors (Lipinski definition) is 3. The Bertz CT molecular complexity index is 1710. The second-order valence-electron chi connectivity index (χ2n) is 12.9. The average Bonchev–Trinajstić information content (AvgIpc) is 3.21. The van der Waals surface area contributed by atoms with Gasteiger partial charge in [0.15, 0.2) is 16.4 Å². The zero-order valence-corrected chi connectivity index (χ0v) is 30.9. The first-order chi connectivity index (χ1) is 24.0. The van der Waals surface area contributed by atoms with Gasteiger partial charge in [-0.05, 0) is 49.3 Å². The summed E-state index contributed by atoms with van der Waals surface area (Å²) in [5.74, 6) is -2.22. The summed E-state index contributed by atoms with van der Waals surface area (Å²) >= 11 is 1.38. The molecule has 3 N–H and O–H groups in total. The lowest BCUT2D eigenvalue weighted by Crippen LogP contribution is -2.47. The molecule has 1 aliphatic rings. The van der Waals surface area contributed by atoms with Crippen molar-refractivity contribution in [3.63, 3.8) is 0 Å². The Labute approximate surface area is 300 Å². The topological polar surface area (TPSA) is 142 Å². The third-order valence-electron chi connectivity index (χ3n) is 9.13. The minimum absolute atomic E-state index is 0.0117. The van der Waals surface area contributed by atoms with Gasteiger partial charge in [0.05, 0.1) is 21.2 Å². The minimum atomic E-state index is -3.79. The molecule has 50 heavy (non-hydrogen) atoms. The van der Waals surface area contributed by atoms with Crippen LogP contribution in [0.3, 0.4) is 0 Å². The predicted octanol–water partition coefficient (Wildman–Crippen LogP) is 6.92. The molecule has 0 aliphatic carbocycles. The van der Waals surface area contributed by atoms with Gasteiger partial charge in [-0.15, -0.1) is 11.8 Å². The van der Waals surface area contributed by atoms with Crippen LogP contribution >= 0.6 is 11.8 Å². The molecule has 0 saturated carbocycles. The van der Waals surface area contributed by atoms with E-state index >= 15 is 0 Å². The Kier molecular flexibility index (Phi) is 13.8. The van der Waals surface area contributed by atoms with E-state index in [2.05, 4.69) is 29.4 Å². The average molecular weight is 724 g/mol. The number of aliphatic carboxylic acids is 1. The number of rotatable bonds is 17. The molecule has 0 aromatic heterocycles. The molecule has 0 saturated heterocycles. The number of carbonyl (C=O) groups excluding carboxylic acids is 2. The Balaban J connectivity index is 1.68. The van der Waals surface area contributed by atoms with E-state index in [1.54, 1.807) is 37.3 Å². The third-order valence-corrected chi connectivity index (χ3v) is 11.9. The summed E-state index contributed by atoms with van der Waals surface area (Å²) < 4.78 is 34.8. The van der Waals surface area contributed by atoms with Crippen LogP contribution in [0.25, 0.3) is 0 Å². The smallest absolute Gasteiger partial charge is 0.326 e. The van der Waals surface area contributed by atoms with Crippen molar-refractivity contribution in [2.75, 3.05) is 30.1 Å². The SMILES string of the molecule is CCCCC1(CCCC)CN(c2ccccc2)c2cc(SC)c(OCC(=O)N[C@@H](C(=O)N[C@@H](CC)C(=O)O)c3ccccc3)cc2S(=O)(=O)C1. The molecule has 2 atom stereocenters. The first-order valence-electron chi connectivity index (χ1n) is 17.2. The summed E-state index contributed by atoms with van der Waals surface area (Å²) in [5, 5.41) is 14.6. The predicted molar refractivity (Wildman–Crippen MR) is 198 cm³/mol. The van der Waals surface area contributed by atoms with E-state index in [1.165, 1.54) is 17.8 Å². The van der Waals surface area contributed by atoms with Crippen molar-refractivity contribution in [1.29, 1.82) is 0 Å². The Hall–Kier alpha value is -4.03. The number of nitrogens with one attached hydrogen (secondary N) is 2. The molecule has 1 aliphatic heterocycles. The van der Waals surface area contributed by atoms with Crippen molar-refractivity contribution in [3.8, 4) is 5.75 Å². The number of amides is 2. The summed E-state index contributed by atoms with van der Waals surface area (Å²) in [5.41, 5.74) is 1.50. The third kappa shape index (κ3) is 9.60. The van der Waals surface area contributed by atoms with E-state index in [1.807, 2.05) is 42.7 Å². The van der Waals surface area contributed by atoms with Crippen LogP contribution in [0.4, 0.5) is 11.4 Å². The van der Waals surface area contributed by atoms with E-state index in [4.69, 9.17) is 4.74 Å². The first-order valence-corrected chi connectivity index (χ1v) is 20.1. The lowest BCUT2D eigenvalue weighted by atomic mass is 9.79. The number of carbonyl (C=O) groups is 3. The van der Waals surface area contributed by atoms with Crippen LogP contribution in [-0.4, -0.2) is 62.5 Å². The molecule has 0 radical (unpaired) electrons. The van der Waals surface area contributed by atoms with Crippen molar-refractivity contribution in [3.05, 3.63) is 78.4 Å². The zero-order valence-electron chi connectivity index (χ0n) is 29.3. The molecule has 3 aromatic carbocycles. The van der Waals surface area contributed by atoms with Gasteiger partial charge < -0.3 is 25.4 Å². The molecule has 3 aromatic rings. The van der Waals surface area contributed by atoms with Crippen LogP contribution in [0.15, 0.2) is 82.6 Å². The van der Waals surface area contributed by atoms with Crippen LogP contribution in [0.1, 0.15) is 77.3 Å². The Morgan fingerprint density at radius 2 is 1.56 bits per heavy atom. The number of para-hydroxylation sites is 1. The number of anilines is 2. The molecule has 12 heteroatoms. The van der Waals surface area contributed by atoms with Gasteiger partial charge in [0, 0.05) is 23.7 Å². The summed E-state index contributed by atoms with van der Waals surface area (Å²) in [7, 11) is -3.79. The molecule has 0 bridgehead atoms. The Morgan fingerprint density at radius 3 is 2.12 bits per heavy atom. The summed E-state index contributed by atoms with van der Waals surface area (Å²) in [6.45, 7) is 5.95. The van der Waals surface area contributed by atoms with Gasteiger partial charge in [-0.3, -0.25) is 9.59 Å². The highest BCUT2D eigenvalue weighted by atomic mass is 32.2. The lowest BCUT2D eigenvalue weighted by Gasteiger charge is -2.37. The van der Waals surface area contributed by atoms with Gasteiger partial charge in [-0.2, -0.15) is 0 Å². The molecule has 270 valence electrons. The molecular weight excluding hydrogens is 675 g/mol. The summed E-state index contributed by atoms with van der Waals surface area (Å²) in [6.07, 6.45) is 7.40. The number of fused-ring (bicyclic) bond motifs is 1. The quantitative estimate of drug-likeness (QED) is 0.127. The van der Waals surface area contributed by atoms with Gasteiger partial charge in [0.1, 0.15) is 17.8 Å². The highest BCUT2D eigenvalue weighted by Gasteiger charge is 2.42. The maximum absolute atomic E-state index is 14.4. The van der Waals surface area contributed by atoms with Crippen LogP contribution in [0.5, 0.6) is 5.75 Å². The van der Waals surface area contributed by atoms with Crippen molar-refractivity contribution < 1.29 is 32.6 Å². The van der Waals surface area contributed by atoms with Crippen molar-refractivity contribution in [2.24, 2.45) is 5.41 Å². The number of hydrogen-bond acceptors (Lipinski definition) is 8. The number of carboxylic acid groups (broad SMARTS) is 1. The maximum atomic E-state index is 14.4. The molecule has 0 fully saturated rings. The van der Waals surface area contributed by atoms with Crippen molar-refractivity contribution in [1.82, 2.24) is 10.6 Å². The summed E-state index contributed by atoms with van der Waals surface area (Å²) in [6, 6.07) is 19.4. The van der Waals surface area contributed by atoms with E-state index < -0.39 is 51.7 Å². The second kappa shape index (κ2) is 17.8. The lowest BCUT2D eigenvalue weighted by molar-refractivity contribution is -0.142. The number of benzene rings is 3. The van der Waals surface area contributed by atoms with Gasteiger partial charge >= 0.3 is 5.97 Å². The minimum Gasteiger partial charge on any atom is -0.483 e. The Morgan fingerprint density at radius 1 is 0.940 bits per heavy atom. The summed E-state index contributed by atoms with van der Waals surface area (Å²) in [4.78, 5) is 41.1. The molecule has 0 spiro atoms. The van der Waals surface area contributed by atoms with E-state index in [0.717, 1.165) is 44.2 Å². The van der Waals surface area contributed by atoms with Crippen LogP contribution in [-0.2, 0) is 24.2 Å². The fraction of sp³-hybridized carbons (Fsp3) is 0.447. The second-order valence-corrected chi connectivity index (χ2v) is 15.7. The number of carboxylic acids is 1. The van der Waals surface area contributed by atoms with Gasteiger partial charge in [-0.1, -0.05) is 95.0 Å². The number of ether oxygens (including phenoxy) is 1. The number of unbranched alkanes of at least 4 members (excludes halogenated alkanes) is 2. The molecule has 4 rings (SSSR count). The molecule has 2 amide bonds. The monoisotopic (exact) mass is 723 g/mol. The fourth-order valence-corrected chi connectivity index (χ4v) is 9.13.